The molecule has 2 aliphatic rings. The molecule has 1 aliphatic carbocycles. The van der Waals surface area contributed by atoms with Gasteiger partial charge in [0.05, 0.1) is 0 Å². The van der Waals surface area contributed by atoms with Gasteiger partial charge in [0.25, 0.3) is 0 Å². The number of piperidine rings is 1. The highest BCUT2D eigenvalue weighted by atomic mass is 16.2. The summed E-state index contributed by atoms with van der Waals surface area (Å²) in [6, 6.07) is 0. The van der Waals surface area contributed by atoms with Gasteiger partial charge in [-0.05, 0) is 50.9 Å². The van der Waals surface area contributed by atoms with Crippen LogP contribution in [0.5, 0.6) is 0 Å². The van der Waals surface area contributed by atoms with Crippen LogP contribution in [0.15, 0.2) is 0 Å². The monoisotopic (exact) mass is 266 g/mol. The second kappa shape index (κ2) is 6.92. The maximum absolute atomic E-state index is 12.4. The summed E-state index contributed by atoms with van der Waals surface area (Å²) in [6.07, 6.45) is 7.76. The molecule has 19 heavy (non-hydrogen) atoms. The average molecular weight is 266 g/mol. The maximum Gasteiger partial charge on any atom is 0.225 e. The Kier molecular flexibility index (Phi) is 5.23. The highest BCUT2D eigenvalue weighted by molar-refractivity contribution is 5.79. The highest BCUT2D eigenvalue weighted by Crippen LogP contribution is 2.30. The smallest absolute Gasteiger partial charge is 0.225 e. The Bertz CT molecular complexity index is 316. The fourth-order valence-electron chi connectivity index (χ4n) is 3.27. The molecule has 0 aromatic rings. The molecule has 108 valence electrons. The van der Waals surface area contributed by atoms with Gasteiger partial charge in [0.15, 0.2) is 0 Å². The zero-order chi connectivity index (χ0) is 13.7. The van der Waals surface area contributed by atoms with Crippen molar-refractivity contribution in [3.63, 3.8) is 0 Å². The average Bonchev–Trinajstić information content (AvgIpc) is 2.46. The van der Waals surface area contributed by atoms with Gasteiger partial charge in [0.1, 0.15) is 0 Å². The molecular formula is C15H26N2O2. The summed E-state index contributed by atoms with van der Waals surface area (Å²) < 4.78 is 0. The number of carbonyl (C=O) groups excluding carboxylic acids is 2. The molecular weight excluding hydrogens is 240 g/mol. The lowest BCUT2D eigenvalue weighted by molar-refractivity contribution is -0.137. The van der Waals surface area contributed by atoms with Crippen molar-refractivity contribution in [1.29, 1.82) is 0 Å². The number of nitrogens with zero attached hydrogens (tertiary/aromatic N) is 1. The summed E-state index contributed by atoms with van der Waals surface area (Å²) in [6.45, 7) is 4.26. The lowest BCUT2D eigenvalue weighted by Gasteiger charge is -2.34. The number of rotatable bonds is 3. The largest absolute Gasteiger partial charge is 0.356 e. The van der Waals surface area contributed by atoms with Gasteiger partial charge in [0, 0.05) is 32.5 Å². The number of hydrogen-bond acceptors (Lipinski definition) is 2. The summed E-state index contributed by atoms with van der Waals surface area (Å²) in [7, 11) is 0. The van der Waals surface area contributed by atoms with Crippen LogP contribution >= 0.6 is 0 Å². The molecule has 0 unspecified atom stereocenters. The topological polar surface area (TPSA) is 49.4 Å². The van der Waals surface area contributed by atoms with Crippen LogP contribution < -0.4 is 5.32 Å². The molecule has 1 aliphatic heterocycles. The summed E-state index contributed by atoms with van der Waals surface area (Å²) in [5, 5.41) is 2.89. The first-order valence-electron chi connectivity index (χ1n) is 7.70. The third-order valence-corrected chi connectivity index (χ3v) is 4.50. The van der Waals surface area contributed by atoms with Crippen molar-refractivity contribution in [2.24, 2.45) is 11.8 Å². The molecule has 0 atom stereocenters. The molecule has 2 rings (SSSR count). The van der Waals surface area contributed by atoms with Crippen LogP contribution in [-0.4, -0.2) is 36.3 Å². The fraction of sp³-hybridized carbons (Fsp3) is 0.867. The quantitative estimate of drug-likeness (QED) is 0.848. The molecule has 1 saturated carbocycles. The van der Waals surface area contributed by atoms with Crippen LogP contribution in [0.4, 0.5) is 0 Å². The summed E-state index contributed by atoms with van der Waals surface area (Å²) in [4.78, 5) is 25.3. The SMILES string of the molecule is CC(=O)NCC1CCC(C(=O)N2CCCCC2)CC1. The third-order valence-electron chi connectivity index (χ3n) is 4.50. The molecule has 0 aromatic heterocycles. The molecule has 4 nitrogen and oxygen atoms in total. The van der Waals surface area contributed by atoms with Gasteiger partial charge in [-0.3, -0.25) is 9.59 Å². The minimum absolute atomic E-state index is 0.0477. The fourth-order valence-corrected chi connectivity index (χ4v) is 3.27. The summed E-state index contributed by atoms with van der Waals surface area (Å²) in [5.41, 5.74) is 0. The first-order chi connectivity index (χ1) is 9.16. The Labute approximate surface area is 115 Å². The Hall–Kier alpha value is -1.06. The van der Waals surface area contributed by atoms with Crippen LogP contribution in [0.25, 0.3) is 0 Å². The molecule has 0 spiro atoms. The maximum atomic E-state index is 12.4. The van der Waals surface area contributed by atoms with E-state index in [4.69, 9.17) is 0 Å². The normalized spacial score (nSPS) is 27.9. The lowest BCUT2D eigenvalue weighted by atomic mass is 9.81. The zero-order valence-corrected chi connectivity index (χ0v) is 12.0. The molecule has 1 N–H and O–H groups in total. The second-order valence-electron chi connectivity index (χ2n) is 6.04. The third kappa shape index (κ3) is 4.22. The van der Waals surface area contributed by atoms with Crippen molar-refractivity contribution in [1.82, 2.24) is 10.2 Å². The number of nitrogens with one attached hydrogen (secondary N) is 1. The van der Waals surface area contributed by atoms with Crippen molar-refractivity contribution in [3.05, 3.63) is 0 Å². The van der Waals surface area contributed by atoms with Crippen LogP contribution in [-0.2, 0) is 9.59 Å². The minimum atomic E-state index is 0.0477. The number of amides is 2. The standard InChI is InChI=1S/C15H26N2O2/c1-12(18)16-11-13-5-7-14(8-6-13)15(19)17-9-3-2-4-10-17/h13-14H,2-11H2,1H3,(H,16,18). The molecule has 2 fully saturated rings. The van der Waals surface area contributed by atoms with Crippen molar-refractivity contribution < 1.29 is 9.59 Å². The van der Waals surface area contributed by atoms with E-state index in [2.05, 4.69) is 10.2 Å². The molecule has 0 aromatic carbocycles. The van der Waals surface area contributed by atoms with Crippen LogP contribution in [0.3, 0.4) is 0 Å². The van der Waals surface area contributed by atoms with Gasteiger partial charge in [-0.2, -0.15) is 0 Å². The predicted octanol–water partition coefficient (Wildman–Crippen LogP) is 1.94. The van der Waals surface area contributed by atoms with E-state index in [1.807, 2.05) is 0 Å². The van der Waals surface area contributed by atoms with Gasteiger partial charge >= 0.3 is 0 Å². The lowest BCUT2D eigenvalue weighted by Crippen LogP contribution is -2.41. The van der Waals surface area contributed by atoms with Gasteiger partial charge in [-0.1, -0.05) is 0 Å². The molecule has 1 heterocycles. The molecule has 0 bridgehead atoms. The van der Waals surface area contributed by atoms with E-state index in [9.17, 15) is 9.59 Å². The molecule has 0 radical (unpaired) electrons. The first-order valence-corrected chi connectivity index (χ1v) is 7.70. The second-order valence-corrected chi connectivity index (χ2v) is 6.04. The van der Waals surface area contributed by atoms with Crippen molar-refractivity contribution in [3.8, 4) is 0 Å². The Morgan fingerprint density at radius 2 is 1.68 bits per heavy atom. The summed E-state index contributed by atoms with van der Waals surface area (Å²) in [5.74, 6) is 1.24. The molecule has 1 saturated heterocycles. The van der Waals surface area contributed by atoms with Crippen molar-refractivity contribution in [2.75, 3.05) is 19.6 Å². The van der Waals surface area contributed by atoms with Gasteiger partial charge in [0.2, 0.25) is 11.8 Å². The van der Waals surface area contributed by atoms with Crippen LogP contribution in [0.2, 0.25) is 0 Å². The number of likely N-dealkylation sites (tertiary alicyclic amines) is 1. The van der Waals surface area contributed by atoms with E-state index in [-0.39, 0.29) is 11.8 Å². The highest BCUT2D eigenvalue weighted by Gasteiger charge is 2.29. The summed E-state index contributed by atoms with van der Waals surface area (Å²) >= 11 is 0. The Morgan fingerprint density at radius 3 is 2.26 bits per heavy atom. The number of hydrogen-bond donors (Lipinski definition) is 1. The Balaban J connectivity index is 1.72. The minimum Gasteiger partial charge on any atom is -0.356 e. The zero-order valence-electron chi connectivity index (χ0n) is 12.0. The van der Waals surface area contributed by atoms with Crippen molar-refractivity contribution in [2.45, 2.75) is 51.9 Å². The van der Waals surface area contributed by atoms with E-state index >= 15 is 0 Å². The van der Waals surface area contributed by atoms with E-state index in [0.29, 0.717) is 11.8 Å². The van der Waals surface area contributed by atoms with Crippen LogP contribution in [0, 0.1) is 11.8 Å². The van der Waals surface area contributed by atoms with Gasteiger partial charge < -0.3 is 10.2 Å². The van der Waals surface area contributed by atoms with Crippen LogP contribution in [0.1, 0.15) is 51.9 Å². The number of carbonyl (C=O) groups is 2. The van der Waals surface area contributed by atoms with E-state index < -0.39 is 0 Å². The van der Waals surface area contributed by atoms with E-state index in [0.717, 1.165) is 45.3 Å². The molecule has 4 heteroatoms. The Morgan fingerprint density at radius 1 is 1.05 bits per heavy atom. The first kappa shape index (κ1) is 14.4. The molecule has 2 amide bonds. The predicted molar refractivity (Wildman–Crippen MR) is 74.6 cm³/mol. The van der Waals surface area contributed by atoms with Gasteiger partial charge in [-0.25, -0.2) is 0 Å². The van der Waals surface area contributed by atoms with E-state index in [1.165, 1.54) is 19.3 Å². The van der Waals surface area contributed by atoms with Crippen molar-refractivity contribution >= 4 is 11.8 Å². The van der Waals surface area contributed by atoms with E-state index in [1.54, 1.807) is 6.92 Å². The van der Waals surface area contributed by atoms with Gasteiger partial charge in [-0.15, -0.1) is 0 Å².